The van der Waals surface area contributed by atoms with Crippen LogP contribution < -0.4 is 0 Å². The van der Waals surface area contributed by atoms with E-state index in [1.54, 1.807) is 0 Å². The Morgan fingerprint density at radius 2 is 1.95 bits per heavy atom. The van der Waals surface area contributed by atoms with Crippen LogP contribution >= 0.6 is 0 Å². The van der Waals surface area contributed by atoms with Crippen molar-refractivity contribution in [3.05, 3.63) is 47.7 Å². The van der Waals surface area contributed by atoms with E-state index >= 15 is 0 Å². The Morgan fingerprint density at radius 3 is 2.50 bits per heavy atom. The first-order chi connectivity index (χ1) is 9.62. The number of methoxy groups -OCH3 is 2. The second-order valence-electron chi connectivity index (χ2n) is 4.92. The Kier molecular flexibility index (Phi) is 4.23. The van der Waals surface area contributed by atoms with Gasteiger partial charge in [-0.1, -0.05) is 30.3 Å². The maximum absolute atomic E-state index is 12.4. The molecule has 1 aliphatic rings. The topological polar surface area (TPSA) is 52.6 Å². The van der Waals surface area contributed by atoms with E-state index in [2.05, 4.69) is 0 Å². The molecule has 0 amide bonds. The average Bonchev–Trinajstić information content (AvgIpc) is 2.49. The van der Waals surface area contributed by atoms with E-state index in [1.807, 2.05) is 30.3 Å². The lowest BCUT2D eigenvalue weighted by Crippen LogP contribution is -2.43. The van der Waals surface area contributed by atoms with Gasteiger partial charge in [-0.2, -0.15) is 0 Å². The molecular formula is C16H18O4. The van der Waals surface area contributed by atoms with Crippen LogP contribution in [0.15, 0.2) is 42.2 Å². The van der Waals surface area contributed by atoms with Crippen LogP contribution in [0, 0.1) is 5.41 Å². The molecular weight excluding hydrogens is 256 g/mol. The van der Waals surface area contributed by atoms with Crippen molar-refractivity contribution in [2.45, 2.75) is 19.3 Å². The number of hydrogen-bond acceptors (Lipinski definition) is 4. The second-order valence-corrected chi connectivity index (χ2v) is 4.92. The molecule has 0 fully saturated rings. The number of esters is 1. The van der Waals surface area contributed by atoms with Crippen LogP contribution in [-0.2, 0) is 25.5 Å². The summed E-state index contributed by atoms with van der Waals surface area (Å²) in [5.41, 5.74) is -0.182. The van der Waals surface area contributed by atoms with Crippen molar-refractivity contribution in [2.24, 2.45) is 5.41 Å². The second kappa shape index (κ2) is 5.90. The Balaban J connectivity index is 2.35. The summed E-state index contributed by atoms with van der Waals surface area (Å²) in [4.78, 5) is 24.6. The summed E-state index contributed by atoms with van der Waals surface area (Å²) in [7, 11) is 2.85. The molecule has 4 nitrogen and oxygen atoms in total. The number of benzene rings is 1. The molecule has 0 heterocycles. The van der Waals surface area contributed by atoms with Crippen molar-refractivity contribution < 1.29 is 19.1 Å². The Morgan fingerprint density at radius 1 is 1.25 bits per heavy atom. The lowest BCUT2D eigenvalue weighted by Gasteiger charge is -2.31. The summed E-state index contributed by atoms with van der Waals surface area (Å²) in [5, 5.41) is 0. The molecule has 20 heavy (non-hydrogen) atoms. The summed E-state index contributed by atoms with van der Waals surface area (Å²) in [5.74, 6) is -0.100. The number of carbonyl (C=O) groups is 2. The zero-order chi connectivity index (χ0) is 14.6. The van der Waals surface area contributed by atoms with Crippen LogP contribution in [0.5, 0.6) is 0 Å². The van der Waals surface area contributed by atoms with Crippen LogP contribution in [0.4, 0.5) is 0 Å². The van der Waals surface area contributed by atoms with Crippen molar-refractivity contribution in [3.63, 3.8) is 0 Å². The number of carbonyl (C=O) groups excluding carboxylic acids is 2. The normalized spacial score (nSPS) is 22.1. The van der Waals surface area contributed by atoms with Gasteiger partial charge in [-0.3, -0.25) is 9.59 Å². The quantitative estimate of drug-likeness (QED) is 0.624. The first kappa shape index (κ1) is 14.3. The van der Waals surface area contributed by atoms with Crippen LogP contribution in [0.3, 0.4) is 0 Å². The molecule has 1 aromatic rings. The Bertz CT molecular complexity index is 533. The van der Waals surface area contributed by atoms with Crippen LogP contribution in [-0.4, -0.2) is 26.0 Å². The van der Waals surface area contributed by atoms with Crippen LogP contribution in [0.1, 0.15) is 18.4 Å². The summed E-state index contributed by atoms with van der Waals surface area (Å²) >= 11 is 0. The summed E-state index contributed by atoms with van der Waals surface area (Å²) in [6.07, 6.45) is 2.74. The summed E-state index contributed by atoms with van der Waals surface area (Å²) < 4.78 is 9.98. The Hall–Kier alpha value is -2.10. The molecule has 0 saturated heterocycles. The third-order valence-electron chi connectivity index (χ3n) is 3.75. The highest BCUT2D eigenvalue weighted by molar-refractivity contribution is 6.10. The molecule has 0 saturated carbocycles. The number of ketones is 1. The summed E-state index contributed by atoms with van der Waals surface area (Å²) in [6, 6.07) is 9.51. The molecule has 0 bridgehead atoms. The van der Waals surface area contributed by atoms with Gasteiger partial charge in [0.15, 0.2) is 5.78 Å². The molecule has 0 spiro atoms. The van der Waals surface area contributed by atoms with E-state index in [0.717, 1.165) is 5.56 Å². The van der Waals surface area contributed by atoms with E-state index in [1.165, 1.54) is 20.3 Å². The van der Waals surface area contributed by atoms with Gasteiger partial charge in [-0.15, -0.1) is 0 Å². The number of ether oxygens (including phenoxy) is 2. The predicted octanol–water partition coefficient (Wildman–Crippen LogP) is 2.28. The zero-order valence-electron chi connectivity index (χ0n) is 11.7. The molecule has 2 rings (SSSR count). The molecule has 0 radical (unpaired) electrons. The van der Waals surface area contributed by atoms with Crippen molar-refractivity contribution >= 4 is 11.8 Å². The smallest absolute Gasteiger partial charge is 0.320 e. The first-order valence-electron chi connectivity index (χ1n) is 6.54. The number of allylic oxidation sites excluding steroid dienone is 2. The monoisotopic (exact) mass is 274 g/mol. The third-order valence-corrected chi connectivity index (χ3v) is 3.75. The van der Waals surface area contributed by atoms with E-state index in [9.17, 15) is 9.59 Å². The standard InChI is InChI=1S/C16H18O4/c1-19-13-8-9-16(14(17)10-13,15(18)20-2)11-12-6-4-3-5-7-12/h3-7,10H,8-9,11H2,1-2H3. The van der Waals surface area contributed by atoms with Gasteiger partial charge < -0.3 is 9.47 Å². The molecule has 0 aliphatic heterocycles. The maximum Gasteiger partial charge on any atom is 0.320 e. The van der Waals surface area contributed by atoms with Crippen LogP contribution in [0.2, 0.25) is 0 Å². The van der Waals surface area contributed by atoms with Crippen molar-refractivity contribution in [1.29, 1.82) is 0 Å². The lowest BCUT2D eigenvalue weighted by atomic mass is 9.71. The molecule has 0 aromatic heterocycles. The van der Waals surface area contributed by atoms with Gasteiger partial charge in [0, 0.05) is 12.5 Å². The fourth-order valence-corrected chi connectivity index (χ4v) is 2.57. The molecule has 1 aromatic carbocycles. The van der Waals surface area contributed by atoms with Crippen molar-refractivity contribution in [2.75, 3.05) is 14.2 Å². The molecule has 1 aliphatic carbocycles. The van der Waals surface area contributed by atoms with E-state index in [0.29, 0.717) is 25.0 Å². The zero-order valence-corrected chi connectivity index (χ0v) is 11.7. The fraction of sp³-hybridized carbons (Fsp3) is 0.375. The van der Waals surface area contributed by atoms with Gasteiger partial charge in [-0.25, -0.2) is 0 Å². The Labute approximate surface area is 118 Å². The first-order valence-corrected chi connectivity index (χ1v) is 6.54. The van der Waals surface area contributed by atoms with Gasteiger partial charge in [0.25, 0.3) is 0 Å². The van der Waals surface area contributed by atoms with E-state index in [-0.39, 0.29) is 5.78 Å². The van der Waals surface area contributed by atoms with E-state index in [4.69, 9.17) is 9.47 Å². The third kappa shape index (κ3) is 2.59. The highest BCUT2D eigenvalue weighted by Gasteiger charge is 2.47. The average molecular weight is 274 g/mol. The molecule has 1 atom stereocenters. The van der Waals surface area contributed by atoms with Crippen molar-refractivity contribution in [1.82, 2.24) is 0 Å². The minimum absolute atomic E-state index is 0.240. The highest BCUT2D eigenvalue weighted by atomic mass is 16.5. The maximum atomic E-state index is 12.4. The number of rotatable bonds is 4. The number of hydrogen-bond donors (Lipinski definition) is 0. The predicted molar refractivity (Wildman–Crippen MR) is 73.9 cm³/mol. The van der Waals surface area contributed by atoms with Gasteiger partial charge in [0.05, 0.1) is 20.0 Å². The highest BCUT2D eigenvalue weighted by Crippen LogP contribution is 2.37. The van der Waals surface area contributed by atoms with Gasteiger partial charge in [0.2, 0.25) is 0 Å². The lowest BCUT2D eigenvalue weighted by molar-refractivity contribution is -0.157. The minimum atomic E-state index is -1.13. The molecule has 0 N–H and O–H groups in total. The molecule has 1 unspecified atom stereocenters. The fourth-order valence-electron chi connectivity index (χ4n) is 2.57. The van der Waals surface area contributed by atoms with Gasteiger partial charge in [0.1, 0.15) is 5.41 Å². The van der Waals surface area contributed by atoms with Crippen molar-refractivity contribution in [3.8, 4) is 0 Å². The van der Waals surface area contributed by atoms with Gasteiger partial charge in [-0.05, 0) is 18.4 Å². The SMILES string of the molecule is COC(=O)C1(Cc2ccccc2)CCC(OC)=CC1=O. The molecule has 106 valence electrons. The van der Waals surface area contributed by atoms with E-state index < -0.39 is 11.4 Å². The summed E-state index contributed by atoms with van der Waals surface area (Å²) in [6.45, 7) is 0. The van der Waals surface area contributed by atoms with Crippen LogP contribution in [0.25, 0.3) is 0 Å². The molecule has 4 heteroatoms. The minimum Gasteiger partial charge on any atom is -0.501 e. The van der Waals surface area contributed by atoms with Gasteiger partial charge >= 0.3 is 5.97 Å². The largest absolute Gasteiger partial charge is 0.501 e.